The zero-order valence-electron chi connectivity index (χ0n) is 17.1. The summed E-state index contributed by atoms with van der Waals surface area (Å²) in [6.45, 7) is 0.598. The predicted octanol–water partition coefficient (Wildman–Crippen LogP) is 4.62. The Hall–Kier alpha value is -2.17. The summed E-state index contributed by atoms with van der Waals surface area (Å²) < 4.78 is 13.0. The van der Waals surface area contributed by atoms with E-state index in [2.05, 4.69) is 0 Å². The highest BCUT2D eigenvalue weighted by molar-refractivity contribution is 5.74. The van der Waals surface area contributed by atoms with Crippen molar-refractivity contribution in [2.75, 3.05) is 20.6 Å². The van der Waals surface area contributed by atoms with Crippen molar-refractivity contribution in [3.63, 3.8) is 0 Å². The normalized spacial score (nSPS) is 18.0. The molecule has 1 unspecified atom stereocenters. The molecular weight excluding hydrogens is 338 g/mol. The maximum absolute atomic E-state index is 11.6. The van der Waals surface area contributed by atoms with Crippen LogP contribution >= 0.6 is 0 Å². The van der Waals surface area contributed by atoms with Crippen LogP contribution in [0.25, 0.3) is 0 Å². The van der Waals surface area contributed by atoms with Gasteiger partial charge in [0.2, 0.25) is 0 Å². The van der Waals surface area contributed by atoms with Crippen LogP contribution in [0.5, 0.6) is 11.5 Å². The zero-order valence-corrected chi connectivity index (χ0v) is 16.1. The van der Waals surface area contributed by atoms with Gasteiger partial charge in [0, 0.05) is 12.1 Å². The molecule has 1 fully saturated rings. The number of carbonyl (C=O) groups is 1. The van der Waals surface area contributed by atoms with Crippen LogP contribution in [0.4, 0.5) is 0 Å². The molecule has 0 amide bonds. The van der Waals surface area contributed by atoms with E-state index < -0.39 is 11.9 Å². The summed E-state index contributed by atoms with van der Waals surface area (Å²) in [5, 5.41) is 11.6. The first-order chi connectivity index (χ1) is 13.4. The molecular formula is C23H29NO3. The van der Waals surface area contributed by atoms with Crippen molar-refractivity contribution in [1.82, 2.24) is 4.90 Å². The Kier molecular flexibility index (Phi) is 5.85. The molecule has 27 heavy (non-hydrogen) atoms. The van der Waals surface area contributed by atoms with Crippen LogP contribution in [0.15, 0.2) is 48.5 Å². The van der Waals surface area contributed by atoms with E-state index >= 15 is 0 Å². The molecule has 1 aliphatic rings. The molecule has 0 bridgehead atoms. The smallest absolute Gasteiger partial charge is 0.150 e. The number of ether oxygens (including phenoxy) is 1. The number of rotatable bonds is 7. The molecule has 2 aromatic rings. The SMILES string of the molecule is [2H]C(=O)c1ccc(Oc2ccc(C(O)(CN(C)C)C3CCCCC3)cc2)cc1. The van der Waals surface area contributed by atoms with E-state index in [1.807, 2.05) is 43.3 Å². The number of aliphatic hydroxyl groups is 1. The van der Waals surface area contributed by atoms with Gasteiger partial charge in [-0.3, -0.25) is 4.79 Å². The second kappa shape index (κ2) is 8.68. The predicted molar refractivity (Wildman–Crippen MR) is 107 cm³/mol. The van der Waals surface area contributed by atoms with Crippen LogP contribution in [0.1, 0.15) is 49.4 Å². The Morgan fingerprint density at radius 1 is 1.07 bits per heavy atom. The third kappa shape index (κ3) is 4.76. The fourth-order valence-electron chi connectivity index (χ4n) is 4.06. The van der Waals surface area contributed by atoms with Crippen LogP contribution < -0.4 is 4.74 Å². The van der Waals surface area contributed by atoms with E-state index in [9.17, 15) is 9.90 Å². The van der Waals surface area contributed by atoms with E-state index in [1.54, 1.807) is 24.3 Å². The van der Waals surface area contributed by atoms with E-state index in [-0.39, 0.29) is 5.92 Å². The average Bonchev–Trinajstić information content (AvgIpc) is 2.69. The molecule has 1 atom stereocenters. The maximum atomic E-state index is 11.6. The van der Waals surface area contributed by atoms with Crippen molar-refractivity contribution < 1.29 is 16.0 Å². The highest BCUT2D eigenvalue weighted by Gasteiger charge is 2.39. The topological polar surface area (TPSA) is 49.8 Å². The van der Waals surface area contributed by atoms with Crippen LogP contribution in [-0.2, 0) is 5.60 Å². The molecule has 0 aromatic heterocycles. The quantitative estimate of drug-likeness (QED) is 0.725. The minimum Gasteiger partial charge on any atom is -0.457 e. The van der Waals surface area contributed by atoms with E-state index in [1.165, 1.54) is 19.3 Å². The van der Waals surface area contributed by atoms with Gasteiger partial charge in [0.15, 0.2) is 0 Å². The Balaban J connectivity index is 1.77. The van der Waals surface area contributed by atoms with Gasteiger partial charge in [-0.2, -0.15) is 0 Å². The van der Waals surface area contributed by atoms with Gasteiger partial charge in [-0.1, -0.05) is 31.4 Å². The highest BCUT2D eigenvalue weighted by Crippen LogP contribution is 2.40. The number of nitrogens with zero attached hydrogens (tertiary/aromatic N) is 1. The van der Waals surface area contributed by atoms with Gasteiger partial charge in [0.1, 0.15) is 24.7 Å². The monoisotopic (exact) mass is 368 g/mol. The molecule has 0 heterocycles. The van der Waals surface area contributed by atoms with Gasteiger partial charge in [0.25, 0.3) is 0 Å². The molecule has 3 rings (SSSR count). The molecule has 1 N–H and O–H groups in total. The average molecular weight is 368 g/mol. The highest BCUT2D eigenvalue weighted by atomic mass is 16.5. The van der Waals surface area contributed by atoms with Crippen molar-refractivity contribution in [2.45, 2.75) is 37.7 Å². The van der Waals surface area contributed by atoms with E-state index in [0.29, 0.717) is 23.6 Å². The molecule has 1 aliphatic carbocycles. The second-order valence-corrected chi connectivity index (χ2v) is 7.75. The van der Waals surface area contributed by atoms with Crippen molar-refractivity contribution in [1.29, 1.82) is 0 Å². The van der Waals surface area contributed by atoms with Gasteiger partial charge in [-0.15, -0.1) is 0 Å². The molecule has 0 spiro atoms. The van der Waals surface area contributed by atoms with Crippen molar-refractivity contribution in [3.8, 4) is 11.5 Å². The summed E-state index contributed by atoms with van der Waals surface area (Å²) >= 11 is 0. The fraction of sp³-hybridized carbons (Fsp3) is 0.435. The lowest BCUT2D eigenvalue weighted by Gasteiger charge is -2.40. The number of aldehydes is 1. The molecule has 0 radical (unpaired) electrons. The second-order valence-electron chi connectivity index (χ2n) is 7.75. The molecule has 0 saturated heterocycles. The Morgan fingerprint density at radius 3 is 2.15 bits per heavy atom. The number of hydrogen-bond acceptors (Lipinski definition) is 4. The van der Waals surface area contributed by atoms with Crippen LogP contribution in [0.2, 0.25) is 0 Å². The van der Waals surface area contributed by atoms with Crippen molar-refractivity contribution in [3.05, 3.63) is 59.7 Å². The minimum absolute atomic E-state index is 0.269. The van der Waals surface area contributed by atoms with Gasteiger partial charge < -0.3 is 14.7 Å². The Labute approximate surface area is 163 Å². The minimum atomic E-state index is -0.863. The molecule has 144 valence electrons. The molecule has 4 heteroatoms. The lowest BCUT2D eigenvalue weighted by molar-refractivity contribution is -0.0559. The third-order valence-electron chi connectivity index (χ3n) is 5.40. The summed E-state index contributed by atoms with van der Waals surface area (Å²) in [6.07, 6.45) is 5.02. The van der Waals surface area contributed by atoms with Gasteiger partial charge >= 0.3 is 0 Å². The van der Waals surface area contributed by atoms with Crippen molar-refractivity contribution in [2.24, 2.45) is 5.92 Å². The molecule has 0 aliphatic heterocycles. The van der Waals surface area contributed by atoms with E-state index in [4.69, 9.17) is 6.11 Å². The lowest BCUT2D eigenvalue weighted by Crippen LogP contribution is -2.44. The summed E-state index contributed by atoms with van der Waals surface area (Å²) in [5.74, 6) is 1.54. The first kappa shape index (κ1) is 18.2. The van der Waals surface area contributed by atoms with Crippen LogP contribution in [0.3, 0.4) is 0 Å². The first-order valence-electron chi connectivity index (χ1n) is 10.1. The third-order valence-corrected chi connectivity index (χ3v) is 5.40. The van der Waals surface area contributed by atoms with Crippen molar-refractivity contribution >= 4 is 6.26 Å². The summed E-state index contributed by atoms with van der Waals surface area (Å²) in [5.41, 5.74) is 0.401. The fourth-order valence-corrected chi connectivity index (χ4v) is 4.06. The number of likely N-dealkylation sites (N-methyl/N-ethyl adjacent to an activating group) is 1. The van der Waals surface area contributed by atoms with Crippen LogP contribution in [-0.4, -0.2) is 36.9 Å². The largest absolute Gasteiger partial charge is 0.457 e. The van der Waals surface area contributed by atoms with Gasteiger partial charge in [-0.05, 0) is 74.8 Å². The number of benzene rings is 2. The standard InChI is InChI=1S/C23H29NO3/c1-24(2)17-23(26,19-6-4-3-5-7-19)20-10-14-22(15-11-20)27-21-12-8-18(16-25)9-13-21/h8-16,19,26H,3-7,17H2,1-2H3/i16D. The first-order valence-corrected chi connectivity index (χ1v) is 9.65. The molecule has 4 nitrogen and oxygen atoms in total. The van der Waals surface area contributed by atoms with E-state index in [0.717, 1.165) is 18.4 Å². The zero-order chi connectivity index (χ0) is 20.1. The molecule has 1 saturated carbocycles. The van der Waals surface area contributed by atoms with Gasteiger partial charge in [0.05, 0.1) is 0 Å². The summed E-state index contributed by atoms with van der Waals surface area (Å²) in [7, 11) is 3.99. The van der Waals surface area contributed by atoms with Gasteiger partial charge in [-0.25, -0.2) is 0 Å². The summed E-state index contributed by atoms with van der Waals surface area (Å²) in [4.78, 5) is 13.1. The number of hydrogen-bond donors (Lipinski definition) is 1. The number of carbonyl (C=O) groups excluding carboxylic acids is 1. The Morgan fingerprint density at radius 2 is 1.63 bits per heavy atom. The Bertz CT molecular complexity index is 782. The summed E-state index contributed by atoms with van der Waals surface area (Å²) in [6, 6.07) is 14.2. The van der Waals surface area contributed by atoms with Crippen LogP contribution in [0, 0.1) is 5.92 Å². The maximum Gasteiger partial charge on any atom is 0.150 e. The lowest BCUT2D eigenvalue weighted by atomic mass is 9.73. The molecule has 2 aromatic carbocycles.